The molecule has 1 aliphatic rings. The van der Waals surface area contributed by atoms with Crippen molar-refractivity contribution in [3.05, 3.63) is 77.9 Å². The number of carbonyl (C=O) groups excluding carboxylic acids is 16. The summed E-state index contributed by atoms with van der Waals surface area (Å²) in [6.45, 7) is 9.03. The van der Waals surface area contributed by atoms with Crippen molar-refractivity contribution in [3.63, 3.8) is 0 Å². The molecule has 16 atom stereocenters. The molecule has 2 heterocycles. The first-order chi connectivity index (χ1) is 57.1. The second-order valence-electron chi connectivity index (χ2n) is 29.7. The fourth-order valence-corrected chi connectivity index (χ4v) is 12.3. The summed E-state index contributed by atoms with van der Waals surface area (Å²) < 4.78 is 17.2. The summed E-state index contributed by atoms with van der Waals surface area (Å²) in [5, 5.41) is 95.8. The normalized spacial score (nSPS) is 17.6. The van der Waals surface area contributed by atoms with Crippen LogP contribution in [0.4, 0.5) is 0 Å². The lowest BCUT2D eigenvalue weighted by Crippen LogP contribution is -2.66. The topological polar surface area (TPSA) is 687 Å². The summed E-state index contributed by atoms with van der Waals surface area (Å²) in [4.78, 5) is 226. The van der Waals surface area contributed by atoms with E-state index in [1.54, 1.807) is 13.8 Å². The fourth-order valence-electron chi connectivity index (χ4n) is 12.0. The number of primary amides is 1. The Morgan fingerprint density at radius 2 is 1.02 bits per heavy atom. The molecule has 0 radical (unpaired) electrons. The minimum Gasteiger partial charge on any atom is -0.508 e. The van der Waals surface area contributed by atoms with Crippen molar-refractivity contribution >= 4 is 126 Å². The number of phenols is 2. The van der Waals surface area contributed by atoms with Gasteiger partial charge in [0.15, 0.2) is 18.4 Å². The van der Waals surface area contributed by atoms with Gasteiger partial charge in [-0.2, -0.15) is 25.3 Å². The van der Waals surface area contributed by atoms with Crippen molar-refractivity contribution < 1.29 is 116 Å². The first-order valence-corrected chi connectivity index (χ1v) is 39.9. The van der Waals surface area contributed by atoms with Crippen LogP contribution >= 0.6 is 25.3 Å². The number of benzene rings is 2. The zero-order valence-corrected chi connectivity index (χ0v) is 70.1. The standard InChI is InChI=1S/C75H114N20O24S2/c1-35(2)21-47(85-39(8)98)68(111)90-50(24-42-14-18-45(101)19-15-42)71(114)88-46(11-10-20-80-75(77)78)67(110)84-38(7)64(107)89-51(25-43-26-79-34-83-43)65(108)81-28-57(103)95-59(37(5)6)73(116)91-48(22-36(3)4)69(112)93-53(31-117-74-60(86-40(9)99)62(119-58(104)33-121)61(105)55(30-97)118-74)72(115)94-54(32-120)66(109)82-27-56(102)87-49(23-41-12-16-44(100)17-13-41)70(113)92-52(29-96)63(76)106/h12-19,26,34-38,46-55,59-62,74,96-97,100-101,105,120-121H,10-11,20-25,27-33H2,1-9H3,(H2,76,106)(H,79,83)(H,81,108)(H,82,109)(H,84,110)(H,85,98)(H,86,99)(H,87,102)(H,88,114)(H,89,107)(H,90,111)(H,91,116)(H,92,113)(H,93,112)(H,94,115)(H,95,103)(H4,77,78,80)/t38-,46-,47-,48-,49-,50-,51-,52-,53-,54-,55+,59-,60+,61+,62+,74+/m0/s1. The van der Waals surface area contributed by atoms with Crippen molar-refractivity contribution in [3.8, 4) is 11.5 Å². The highest BCUT2D eigenvalue weighted by Gasteiger charge is 2.49. The zero-order chi connectivity index (χ0) is 90.5. The van der Waals surface area contributed by atoms with Crippen LogP contribution in [0, 0.1) is 23.2 Å². The number of H-pyrrole nitrogens is 1. The number of aliphatic hydroxyl groups is 3. The second-order valence-corrected chi connectivity index (χ2v) is 30.3. The molecule has 1 aromatic heterocycles. The molecule has 0 saturated carbocycles. The Morgan fingerprint density at radius 1 is 0.554 bits per heavy atom. The number of nitrogens with two attached hydrogens (primary N) is 2. The summed E-state index contributed by atoms with van der Waals surface area (Å²) in [7, 11) is 0. The number of aromatic amines is 1. The second kappa shape index (κ2) is 51.2. The van der Waals surface area contributed by atoms with E-state index in [9.17, 15) is 102 Å². The van der Waals surface area contributed by atoms with Crippen LogP contribution < -0.4 is 91.2 Å². The molecule has 121 heavy (non-hydrogen) atoms. The van der Waals surface area contributed by atoms with E-state index in [-0.39, 0.29) is 74.6 Å². The Hall–Kier alpha value is -11.5. The van der Waals surface area contributed by atoms with Gasteiger partial charge in [-0.15, -0.1) is 0 Å². The van der Waals surface area contributed by atoms with E-state index in [4.69, 9.17) is 31.1 Å². The van der Waals surface area contributed by atoms with Gasteiger partial charge in [-0.1, -0.05) is 65.8 Å². The molecule has 1 saturated heterocycles. The van der Waals surface area contributed by atoms with Gasteiger partial charge in [0.1, 0.15) is 96.2 Å². The van der Waals surface area contributed by atoms with Crippen molar-refractivity contribution in [1.29, 1.82) is 5.41 Å². The maximum Gasteiger partial charge on any atom is 0.316 e. The Balaban J connectivity index is 1.59. The third-order valence-electron chi connectivity index (χ3n) is 18.2. The highest BCUT2D eigenvalue weighted by atomic mass is 32.1. The van der Waals surface area contributed by atoms with Crippen molar-refractivity contribution in [1.82, 2.24) is 89.7 Å². The number of hydrogen-bond acceptors (Lipinski definition) is 28. The SMILES string of the molecule is CC(=O)N[C@H]1[C@H](OC[C@H](NC(=O)[C@H](CC(C)C)NC(=O)[C@@H](NC(=O)CNC(=O)[C@H](Cc2c[nH]cn2)NC(=O)[C@H](C)NC(=O)[C@H](CCCNC(=N)N)NC(=O)[C@H](Cc2ccc(O)cc2)NC(=O)[C@H](CC(C)C)NC(C)=O)C(C)C)C(=O)N[C@@H](CS)C(=O)NCC(=O)N[C@@H](Cc2ccc(O)cc2)C(=O)N[C@@H](CO)C(N)=O)O[C@H](CO)[C@@H](O)[C@@H]1OC(=O)CS. The summed E-state index contributed by atoms with van der Waals surface area (Å²) in [6, 6.07) is -7.12. The number of guanidine groups is 1. The summed E-state index contributed by atoms with van der Waals surface area (Å²) in [5.74, 6) is -18.2. The Bertz CT molecular complexity index is 4020. The molecule has 44 nitrogen and oxygen atoms in total. The van der Waals surface area contributed by atoms with Gasteiger partial charge in [-0.3, -0.25) is 82.1 Å². The third kappa shape index (κ3) is 35.8. The lowest BCUT2D eigenvalue weighted by atomic mass is 9.96. The third-order valence-corrected chi connectivity index (χ3v) is 18.8. The first kappa shape index (κ1) is 102. The molecule has 0 bridgehead atoms. The molecule has 1 fully saturated rings. The predicted octanol–water partition coefficient (Wildman–Crippen LogP) is -7.69. The number of aromatic nitrogens is 2. The molecule has 670 valence electrons. The summed E-state index contributed by atoms with van der Waals surface area (Å²) in [6.07, 6.45) is -4.99. The number of amides is 15. The largest absolute Gasteiger partial charge is 0.508 e. The van der Waals surface area contributed by atoms with Gasteiger partial charge in [0, 0.05) is 51.6 Å². The minimum absolute atomic E-state index is 0.0499. The molecule has 0 aliphatic carbocycles. The van der Waals surface area contributed by atoms with Crippen molar-refractivity contribution in [2.24, 2.45) is 29.2 Å². The number of imidazole rings is 1. The number of thiol groups is 2. The number of nitrogens with one attached hydrogen (secondary N) is 17. The highest BCUT2D eigenvalue weighted by molar-refractivity contribution is 7.81. The van der Waals surface area contributed by atoms with Gasteiger partial charge < -0.3 is 136 Å². The van der Waals surface area contributed by atoms with E-state index >= 15 is 0 Å². The van der Waals surface area contributed by atoms with Crippen molar-refractivity contribution in [2.45, 2.75) is 204 Å². The predicted molar refractivity (Wildman–Crippen MR) is 437 cm³/mol. The molecule has 46 heteroatoms. The average Bonchev–Trinajstić information content (AvgIpc) is 1.45. The fraction of sp³-hybridized carbons (Fsp3) is 0.573. The zero-order valence-electron chi connectivity index (χ0n) is 68.3. The number of esters is 1. The van der Waals surface area contributed by atoms with E-state index in [2.05, 4.69) is 115 Å². The number of carbonyl (C=O) groups is 16. The minimum atomic E-state index is -1.98. The molecule has 15 amide bonds. The monoisotopic (exact) mass is 1740 g/mol. The molecule has 3 aromatic rings. The van der Waals surface area contributed by atoms with E-state index in [0.29, 0.717) is 11.1 Å². The first-order valence-electron chi connectivity index (χ1n) is 38.7. The van der Waals surface area contributed by atoms with Gasteiger partial charge in [0.25, 0.3) is 0 Å². The van der Waals surface area contributed by atoms with Crippen LogP contribution in [0.2, 0.25) is 0 Å². The summed E-state index contributed by atoms with van der Waals surface area (Å²) >= 11 is 8.14. The van der Waals surface area contributed by atoms with Crippen LogP contribution in [0.15, 0.2) is 61.1 Å². The lowest BCUT2D eigenvalue weighted by molar-refractivity contribution is -0.274. The number of aliphatic hydroxyl groups excluding tert-OH is 3. The number of ether oxygens (including phenoxy) is 3. The highest BCUT2D eigenvalue weighted by Crippen LogP contribution is 2.26. The molecule has 1 aliphatic heterocycles. The smallest absolute Gasteiger partial charge is 0.316 e. The van der Waals surface area contributed by atoms with E-state index < -0.39 is 254 Å². The van der Waals surface area contributed by atoms with Crippen LogP contribution in [0.25, 0.3) is 0 Å². The van der Waals surface area contributed by atoms with Crippen molar-refractivity contribution in [2.75, 3.05) is 51.0 Å². The molecule has 0 spiro atoms. The molecule has 4 rings (SSSR count). The number of rotatable bonds is 50. The molecule has 0 unspecified atom stereocenters. The molecular weight excluding hydrogens is 1630 g/mol. The quantitative estimate of drug-likeness (QED) is 0.00821. The Morgan fingerprint density at radius 3 is 1.51 bits per heavy atom. The Labute approximate surface area is 708 Å². The van der Waals surface area contributed by atoms with Crippen LogP contribution in [0.1, 0.15) is 105 Å². The molecule has 26 N–H and O–H groups in total. The maximum atomic E-state index is 14.8. The van der Waals surface area contributed by atoms with Gasteiger partial charge in [0.05, 0.1) is 50.7 Å². The number of phenolic OH excluding ortho intramolecular Hbond substituents is 2. The Kier molecular flexibility index (Phi) is 43.1. The van der Waals surface area contributed by atoms with Crippen LogP contribution in [0.3, 0.4) is 0 Å². The number of nitrogens with zero attached hydrogens (tertiary/aromatic N) is 1. The molecule has 2 aromatic carbocycles. The number of hydrogen-bond donors (Lipinski definition) is 26. The van der Waals surface area contributed by atoms with Gasteiger partial charge in [-0.05, 0) is 85.8 Å². The lowest BCUT2D eigenvalue weighted by Gasteiger charge is -2.43. The van der Waals surface area contributed by atoms with E-state index in [0.717, 1.165) is 6.92 Å². The maximum absolute atomic E-state index is 14.8. The molecular formula is C75H114N20O24S2. The summed E-state index contributed by atoms with van der Waals surface area (Å²) in [5.41, 5.74) is 11.9. The van der Waals surface area contributed by atoms with Gasteiger partial charge in [-0.25, -0.2) is 4.98 Å². The van der Waals surface area contributed by atoms with Gasteiger partial charge >= 0.3 is 5.97 Å². The van der Waals surface area contributed by atoms with E-state index in [1.807, 2.05) is 13.8 Å². The van der Waals surface area contributed by atoms with Crippen LogP contribution in [0.5, 0.6) is 11.5 Å². The average molecular weight is 1740 g/mol. The van der Waals surface area contributed by atoms with E-state index in [1.165, 1.54) is 88.8 Å². The van der Waals surface area contributed by atoms with Crippen LogP contribution in [-0.2, 0) is 110 Å². The van der Waals surface area contributed by atoms with Gasteiger partial charge in [0.2, 0.25) is 88.6 Å². The van der Waals surface area contributed by atoms with Crippen LogP contribution in [-0.4, -0.2) is 284 Å². The number of aromatic hydroxyl groups is 2.